The summed E-state index contributed by atoms with van der Waals surface area (Å²) in [7, 11) is 0. The Morgan fingerprint density at radius 2 is 2.14 bits per heavy atom. The van der Waals surface area contributed by atoms with Crippen molar-refractivity contribution in [1.29, 1.82) is 0 Å². The van der Waals surface area contributed by atoms with Crippen LogP contribution in [0.1, 0.15) is 17.0 Å². The van der Waals surface area contributed by atoms with Gasteiger partial charge in [-0.3, -0.25) is 9.48 Å². The lowest BCUT2D eigenvalue weighted by Gasteiger charge is -2.08. The minimum absolute atomic E-state index is 0.218. The minimum atomic E-state index is -1.00. The predicted molar refractivity (Wildman–Crippen MR) is 52.0 cm³/mol. The lowest BCUT2D eigenvalue weighted by molar-refractivity contribution is -0.138. The molecule has 1 rings (SSSR count). The number of aliphatic carboxylic acids is 1. The molecule has 0 saturated carbocycles. The van der Waals surface area contributed by atoms with Gasteiger partial charge in [0.1, 0.15) is 6.04 Å². The summed E-state index contributed by atoms with van der Waals surface area (Å²) in [6.45, 7) is 5.98. The highest BCUT2D eigenvalue weighted by Gasteiger charge is 2.15. The van der Waals surface area contributed by atoms with Crippen molar-refractivity contribution in [2.75, 3.05) is 0 Å². The van der Waals surface area contributed by atoms with Crippen LogP contribution in [-0.4, -0.2) is 26.9 Å². The van der Waals surface area contributed by atoms with Crippen LogP contribution in [0, 0.1) is 20.8 Å². The van der Waals surface area contributed by atoms with E-state index < -0.39 is 12.0 Å². The SMILES string of the molecule is Cc1nn(CC(N)C(=O)O)c(C)c1C. The van der Waals surface area contributed by atoms with Crippen molar-refractivity contribution in [3.8, 4) is 0 Å². The van der Waals surface area contributed by atoms with Gasteiger partial charge in [-0.15, -0.1) is 0 Å². The number of aryl methyl sites for hydroxylation is 1. The summed E-state index contributed by atoms with van der Waals surface area (Å²) in [6, 6.07) is -0.896. The Bertz CT molecular complexity index is 357. The first-order valence-electron chi connectivity index (χ1n) is 4.42. The van der Waals surface area contributed by atoms with Crippen LogP contribution >= 0.6 is 0 Å². The van der Waals surface area contributed by atoms with Crippen molar-refractivity contribution >= 4 is 5.97 Å². The summed E-state index contributed by atoms with van der Waals surface area (Å²) in [5, 5.41) is 12.8. The van der Waals surface area contributed by atoms with E-state index in [2.05, 4.69) is 5.10 Å². The van der Waals surface area contributed by atoms with Gasteiger partial charge >= 0.3 is 5.97 Å². The molecule has 1 aromatic rings. The first-order valence-corrected chi connectivity index (χ1v) is 4.42. The van der Waals surface area contributed by atoms with E-state index in [0.29, 0.717) is 0 Å². The minimum Gasteiger partial charge on any atom is -0.480 e. The molecule has 1 atom stereocenters. The standard InChI is InChI=1S/C9H15N3O2/c1-5-6(2)11-12(7(5)3)4-8(10)9(13)14/h8H,4,10H2,1-3H3,(H,13,14). The number of nitrogens with two attached hydrogens (primary N) is 1. The lowest BCUT2D eigenvalue weighted by Crippen LogP contribution is -2.35. The second-order valence-electron chi connectivity index (χ2n) is 3.42. The van der Waals surface area contributed by atoms with Gasteiger partial charge in [0.2, 0.25) is 0 Å². The van der Waals surface area contributed by atoms with Crippen molar-refractivity contribution in [2.45, 2.75) is 33.4 Å². The van der Waals surface area contributed by atoms with Gasteiger partial charge in [0.25, 0.3) is 0 Å². The summed E-state index contributed by atoms with van der Waals surface area (Å²) in [5.41, 5.74) is 8.39. The Kier molecular flexibility index (Phi) is 2.90. The maximum Gasteiger partial charge on any atom is 0.322 e. The van der Waals surface area contributed by atoms with Crippen LogP contribution in [0.4, 0.5) is 0 Å². The molecule has 1 heterocycles. The monoisotopic (exact) mass is 197 g/mol. The van der Waals surface area contributed by atoms with Gasteiger partial charge in [-0.2, -0.15) is 5.10 Å². The Balaban J connectivity index is 2.87. The number of carboxylic acid groups (broad SMARTS) is 1. The zero-order valence-corrected chi connectivity index (χ0v) is 8.61. The second kappa shape index (κ2) is 3.79. The van der Waals surface area contributed by atoms with Crippen LogP contribution < -0.4 is 5.73 Å². The molecule has 14 heavy (non-hydrogen) atoms. The molecule has 0 spiro atoms. The molecule has 0 aliphatic rings. The summed E-state index contributed by atoms with van der Waals surface area (Å²) in [5.74, 6) is -1.00. The van der Waals surface area contributed by atoms with Crippen LogP contribution in [0.3, 0.4) is 0 Å². The van der Waals surface area contributed by atoms with Crippen LogP contribution in [0.25, 0.3) is 0 Å². The van der Waals surface area contributed by atoms with Gasteiger partial charge in [-0.05, 0) is 26.3 Å². The fourth-order valence-electron chi connectivity index (χ4n) is 1.23. The second-order valence-corrected chi connectivity index (χ2v) is 3.42. The molecule has 0 aliphatic carbocycles. The third kappa shape index (κ3) is 1.93. The van der Waals surface area contributed by atoms with Gasteiger partial charge in [0.05, 0.1) is 12.2 Å². The molecule has 3 N–H and O–H groups in total. The summed E-state index contributed by atoms with van der Waals surface area (Å²) < 4.78 is 1.64. The average Bonchev–Trinajstić information content (AvgIpc) is 2.33. The lowest BCUT2D eigenvalue weighted by atomic mass is 10.2. The number of nitrogens with zero attached hydrogens (tertiary/aromatic N) is 2. The van der Waals surface area contributed by atoms with Crippen molar-refractivity contribution in [3.05, 3.63) is 17.0 Å². The van der Waals surface area contributed by atoms with Crippen LogP contribution in [-0.2, 0) is 11.3 Å². The number of rotatable bonds is 3. The molecule has 1 unspecified atom stereocenters. The average molecular weight is 197 g/mol. The van der Waals surface area contributed by atoms with E-state index in [4.69, 9.17) is 10.8 Å². The third-order valence-corrected chi connectivity index (χ3v) is 2.43. The van der Waals surface area contributed by atoms with Gasteiger partial charge in [-0.25, -0.2) is 0 Å². The zero-order valence-electron chi connectivity index (χ0n) is 8.61. The van der Waals surface area contributed by atoms with Crippen molar-refractivity contribution in [2.24, 2.45) is 5.73 Å². The Morgan fingerprint density at radius 1 is 1.57 bits per heavy atom. The van der Waals surface area contributed by atoms with E-state index in [1.165, 1.54) is 0 Å². The normalized spacial score (nSPS) is 12.9. The Morgan fingerprint density at radius 3 is 2.50 bits per heavy atom. The highest BCUT2D eigenvalue weighted by atomic mass is 16.4. The molecule has 0 bridgehead atoms. The summed E-state index contributed by atoms with van der Waals surface area (Å²) >= 11 is 0. The molecule has 0 amide bonds. The van der Waals surface area contributed by atoms with Gasteiger partial charge in [-0.1, -0.05) is 0 Å². The van der Waals surface area contributed by atoms with E-state index in [9.17, 15) is 4.79 Å². The smallest absolute Gasteiger partial charge is 0.322 e. The first kappa shape index (κ1) is 10.7. The molecule has 0 aromatic carbocycles. The fourth-order valence-corrected chi connectivity index (χ4v) is 1.23. The quantitative estimate of drug-likeness (QED) is 0.726. The molecule has 0 aliphatic heterocycles. The van der Waals surface area contributed by atoms with E-state index >= 15 is 0 Å². The number of carboxylic acids is 1. The molecule has 5 nitrogen and oxygen atoms in total. The zero-order chi connectivity index (χ0) is 10.9. The molecular formula is C9H15N3O2. The Labute approximate surface area is 82.5 Å². The summed E-state index contributed by atoms with van der Waals surface area (Å²) in [4.78, 5) is 10.5. The van der Waals surface area contributed by atoms with Crippen molar-refractivity contribution in [3.63, 3.8) is 0 Å². The molecule has 0 radical (unpaired) electrons. The van der Waals surface area contributed by atoms with Gasteiger partial charge < -0.3 is 10.8 Å². The number of hydrogen-bond acceptors (Lipinski definition) is 3. The molecule has 0 fully saturated rings. The molecule has 0 saturated heterocycles. The Hall–Kier alpha value is -1.36. The highest BCUT2D eigenvalue weighted by molar-refractivity contribution is 5.72. The molecule has 1 aromatic heterocycles. The number of aromatic nitrogens is 2. The summed E-state index contributed by atoms with van der Waals surface area (Å²) in [6.07, 6.45) is 0. The maximum atomic E-state index is 10.5. The fraction of sp³-hybridized carbons (Fsp3) is 0.556. The topological polar surface area (TPSA) is 81.1 Å². The van der Waals surface area contributed by atoms with Crippen LogP contribution in [0.2, 0.25) is 0 Å². The number of carbonyl (C=O) groups is 1. The highest BCUT2D eigenvalue weighted by Crippen LogP contribution is 2.10. The number of hydrogen-bond donors (Lipinski definition) is 2. The van der Waals surface area contributed by atoms with Gasteiger partial charge in [0, 0.05) is 5.69 Å². The van der Waals surface area contributed by atoms with E-state index in [1.807, 2.05) is 20.8 Å². The molecule has 5 heteroatoms. The first-order chi connectivity index (χ1) is 6.43. The van der Waals surface area contributed by atoms with Crippen molar-refractivity contribution in [1.82, 2.24) is 9.78 Å². The molecule has 78 valence electrons. The van der Waals surface area contributed by atoms with Crippen LogP contribution in [0.15, 0.2) is 0 Å². The predicted octanol–water partition coefficient (Wildman–Crippen LogP) is 0.220. The third-order valence-electron chi connectivity index (χ3n) is 2.43. The van der Waals surface area contributed by atoms with Gasteiger partial charge in [0.15, 0.2) is 0 Å². The van der Waals surface area contributed by atoms with Crippen molar-refractivity contribution < 1.29 is 9.90 Å². The van der Waals surface area contributed by atoms with Crippen LogP contribution in [0.5, 0.6) is 0 Å². The van der Waals surface area contributed by atoms with E-state index in [0.717, 1.165) is 17.0 Å². The maximum absolute atomic E-state index is 10.5. The van der Waals surface area contributed by atoms with E-state index in [1.54, 1.807) is 4.68 Å². The van der Waals surface area contributed by atoms with E-state index in [-0.39, 0.29) is 6.54 Å². The largest absolute Gasteiger partial charge is 0.480 e. The molecular weight excluding hydrogens is 182 g/mol.